The molecule has 0 aliphatic heterocycles. The van der Waals surface area contributed by atoms with E-state index in [1.54, 1.807) is 12.1 Å². The topological polar surface area (TPSA) is 67.2 Å². The smallest absolute Gasteiger partial charge is 0.253 e. The van der Waals surface area contributed by atoms with Gasteiger partial charge in [-0.3, -0.25) is 4.79 Å². The summed E-state index contributed by atoms with van der Waals surface area (Å²) in [5.74, 6) is -0.0495. The van der Waals surface area contributed by atoms with Crippen LogP contribution >= 0.6 is 0 Å². The number of carbonyl (C=O) groups is 1. The van der Waals surface area contributed by atoms with E-state index < -0.39 is 0 Å². The van der Waals surface area contributed by atoms with Crippen molar-refractivity contribution in [3.8, 4) is 0 Å². The maximum atomic E-state index is 12.1. The molecule has 0 atom stereocenters. The van der Waals surface area contributed by atoms with Crippen molar-refractivity contribution in [2.24, 2.45) is 5.41 Å². The van der Waals surface area contributed by atoms with E-state index in [9.17, 15) is 4.79 Å². The van der Waals surface area contributed by atoms with Gasteiger partial charge in [0.05, 0.1) is 5.56 Å². The maximum absolute atomic E-state index is 12.1. The molecule has 1 aliphatic carbocycles. The Morgan fingerprint density at radius 3 is 2.70 bits per heavy atom. The van der Waals surface area contributed by atoms with Crippen molar-refractivity contribution in [1.82, 2.24) is 5.32 Å². The summed E-state index contributed by atoms with van der Waals surface area (Å²) in [5, 5.41) is 6.27. The summed E-state index contributed by atoms with van der Waals surface area (Å²) in [7, 11) is 0. The van der Waals surface area contributed by atoms with E-state index in [0.29, 0.717) is 23.2 Å². The quantitative estimate of drug-likeness (QED) is 0.724. The largest absolute Gasteiger partial charge is 0.399 e. The first-order valence-corrected chi connectivity index (χ1v) is 7.46. The number of carbonyl (C=O) groups excluding carboxylic acids is 1. The van der Waals surface area contributed by atoms with Crippen molar-refractivity contribution in [2.45, 2.75) is 39.5 Å². The molecule has 1 aromatic carbocycles. The second kappa shape index (κ2) is 6.16. The fourth-order valence-corrected chi connectivity index (χ4v) is 2.88. The van der Waals surface area contributed by atoms with Crippen LogP contribution in [0.25, 0.3) is 0 Å². The van der Waals surface area contributed by atoms with E-state index in [1.807, 2.05) is 13.0 Å². The highest BCUT2D eigenvalue weighted by atomic mass is 16.1. The first kappa shape index (κ1) is 14.7. The predicted octanol–water partition coefficient (Wildman–Crippen LogP) is 3.01. The lowest BCUT2D eigenvalue weighted by atomic mass is 9.89. The lowest BCUT2D eigenvalue weighted by molar-refractivity contribution is 0.0956. The Balaban J connectivity index is 2.12. The standard InChI is InChI=1S/C16H25N3O/c1-3-18-15(20)13-7-6-12(17)10-14(13)19-11-16(2)8-4-5-9-16/h6-7,10,19H,3-5,8-9,11,17H2,1-2H3,(H,18,20). The Bertz CT molecular complexity index is 479. The molecule has 0 spiro atoms. The van der Waals surface area contributed by atoms with E-state index >= 15 is 0 Å². The second-order valence-electron chi connectivity index (χ2n) is 6.04. The number of rotatable bonds is 5. The highest BCUT2D eigenvalue weighted by Crippen LogP contribution is 2.37. The van der Waals surface area contributed by atoms with Gasteiger partial charge < -0.3 is 16.4 Å². The van der Waals surface area contributed by atoms with Crippen LogP contribution in [0.4, 0.5) is 11.4 Å². The van der Waals surface area contributed by atoms with Gasteiger partial charge in [-0.25, -0.2) is 0 Å². The number of anilines is 2. The molecule has 1 saturated carbocycles. The first-order chi connectivity index (χ1) is 9.54. The highest BCUT2D eigenvalue weighted by Gasteiger charge is 2.28. The Morgan fingerprint density at radius 2 is 2.05 bits per heavy atom. The lowest BCUT2D eigenvalue weighted by Crippen LogP contribution is -2.27. The number of benzene rings is 1. The minimum absolute atomic E-state index is 0.0495. The van der Waals surface area contributed by atoms with Gasteiger partial charge in [0.15, 0.2) is 0 Å². The molecular weight excluding hydrogens is 250 g/mol. The minimum Gasteiger partial charge on any atom is -0.399 e. The van der Waals surface area contributed by atoms with Crippen molar-refractivity contribution >= 4 is 17.3 Å². The van der Waals surface area contributed by atoms with Gasteiger partial charge in [0, 0.05) is 24.5 Å². The van der Waals surface area contributed by atoms with Gasteiger partial charge in [-0.1, -0.05) is 19.8 Å². The summed E-state index contributed by atoms with van der Waals surface area (Å²) in [5.41, 5.74) is 8.37. The maximum Gasteiger partial charge on any atom is 0.253 e. The average Bonchev–Trinajstić information content (AvgIpc) is 2.84. The number of hydrogen-bond acceptors (Lipinski definition) is 3. The summed E-state index contributed by atoms with van der Waals surface area (Å²) in [4.78, 5) is 12.1. The van der Waals surface area contributed by atoms with Crippen molar-refractivity contribution in [3.63, 3.8) is 0 Å². The zero-order valence-corrected chi connectivity index (χ0v) is 12.5. The third-order valence-electron chi connectivity index (χ3n) is 4.14. The summed E-state index contributed by atoms with van der Waals surface area (Å²) in [6.07, 6.45) is 5.11. The normalized spacial score (nSPS) is 16.9. The second-order valence-corrected chi connectivity index (χ2v) is 6.04. The SMILES string of the molecule is CCNC(=O)c1ccc(N)cc1NCC1(C)CCCC1. The van der Waals surface area contributed by atoms with Gasteiger partial charge in [0.2, 0.25) is 0 Å². The lowest BCUT2D eigenvalue weighted by Gasteiger charge is -2.25. The van der Waals surface area contributed by atoms with Crippen molar-refractivity contribution in [1.29, 1.82) is 0 Å². The first-order valence-electron chi connectivity index (χ1n) is 7.46. The Morgan fingerprint density at radius 1 is 1.35 bits per heavy atom. The molecule has 1 aliphatic rings. The van der Waals surface area contributed by atoms with E-state index in [-0.39, 0.29) is 5.91 Å². The summed E-state index contributed by atoms with van der Waals surface area (Å²) < 4.78 is 0. The zero-order valence-electron chi connectivity index (χ0n) is 12.5. The van der Waals surface area contributed by atoms with Crippen LogP contribution in [0, 0.1) is 5.41 Å². The van der Waals surface area contributed by atoms with Crippen molar-refractivity contribution < 1.29 is 4.79 Å². The van der Waals surface area contributed by atoms with Crippen LogP contribution in [0.3, 0.4) is 0 Å². The zero-order chi connectivity index (χ0) is 14.6. The fraction of sp³-hybridized carbons (Fsp3) is 0.562. The molecule has 0 radical (unpaired) electrons. The monoisotopic (exact) mass is 275 g/mol. The van der Waals surface area contributed by atoms with E-state index in [2.05, 4.69) is 17.6 Å². The van der Waals surface area contributed by atoms with Gasteiger partial charge in [0.25, 0.3) is 5.91 Å². The molecule has 20 heavy (non-hydrogen) atoms. The fourth-order valence-electron chi connectivity index (χ4n) is 2.88. The molecule has 4 nitrogen and oxygen atoms in total. The molecule has 1 fully saturated rings. The molecule has 1 aromatic rings. The molecule has 0 saturated heterocycles. The van der Waals surface area contributed by atoms with E-state index in [0.717, 1.165) is 12.2 Å². The van der Waals surface area contributed by atoms with Crippen LogP contribution in [0.2, 0.25) is 0 Å². The van der Waals surface area contributed by atoms with Crippen LogP contribution in [0.1, 0.15) is 49.9 Å². The van der Waals surface area contributed by atoms with Crippen LogP contribution in [0.5, 0.6) is 0 Å². The van der Waals surface area contributed by atoms with Gasteiger partial charge in [-0.15, -0.1) is 0 Å². The van der Waals surface area contributed by atoms with Gasteiger partial charge >= 0.3 is 0 Å². The number of hydrogen-bond donors (Lipinski definition) is 3. The molecular formula is C16H25N3O. The molecule has 110 valence electrons. The van der Waals surface area contributed by atoms with E-state index in [1.165, 1.54) is 25.7 Å². The Labute approximate surface area is 121 Å². The van der Waals surface area contributed by atoms with Crippen LogP contribution in [-0.2, 0) is 0 Å². The van der Waals surface area contributed by atoms with Gasteiger partial charge in [0.1, 0.15) is 0 Å². The van der Waals surface area contributed by atoms with Crippen LogP contribution in [0.15, 0.2) is 18.2 Å². The molecule has 1 amide bonds. The molecule has 2 rings (SSSR count). The molecule has 4 heteroatoms. The highest BCUT2D eigenvalue weighted by molar-refractivity contribution is 6.00. The summed E-state index contributed by atoms with van der Waals surface area (Å²) >= 11 is 0. The predicted molar refractivity (Wildman–Crippen MR) is 83.9 cm³/mol. The van der Waals surface area contributed by atoms with Gasteiger partial charge in [-0.05, 0) is 43.4 Å². The molecule has 0 aromatic heterocycles. The minimum atomic E-state index is -0.0495. The van der Waals surface area contributed by atoms with Crippen LogP contribution in [-0.4, -0.2) is 19.0 Å². The van der Waals surface area contributed by atoms with E-state index in [4.69, 9.17) is 5.73 Å². The molecule has 4 N–H and O–H groups in total. The number of nitrogens with two attached hydrogens (primary N) is 1. The summed E-state index contributed by atoms with van der Waals surface area (Å²) in [6.45, 7) is 5.75. The third kappa shape index (κ3) is 3.44. The molecule has 0 unspecified atom stereocenters. The Kier molecular flexibility index (Phi) is 4.53. The third-order valence-corrected chi connectivity index (χ3v) is 4.14. The molecule has 0 heterocycles. The average molecular weight is 275 g/mol. The Hall–Kier alpha value is -1.71. The number of amides is 1. The van der Waals surface area contributed by atoms with Crippen LogP contribution < -0.4 is 16.4 Å². The van der Waals surface area contributed by atoms with Crippen molar-refractivity contribution in [3.05, 3.63) is 23.8 Å². The number of nitrogen functional groups attached to an aromatic ring is 1. The van der Waals surface area contributed by atoms with Gasteiger partial charge in [-0.2, -0.15) is 0 Å². The molecule has 0 bridgehead atoms. The van der Waals surface area contributed by atoms with Crippen molar-refractivity contribution in [2.75, 3.05) is 24.1 Å². The summed E-state index contributed by atoms with van der Waals surface area (Å²) in [6, 6.07) is 5.41. The number of nitrogens with one attached hydrogen (secondary N) is 2.